The molecule has 9 heteroatoms. The molecule has 0 saturated heterocycles. The minimum Gasteiger partial charge on any atom is -0.497 e. The van der Waals surface area contributed by atoms with Gasteiger partial charge in [-0.2, -0.15) is 10.5 Å². The van der Waals surface area contributed by atoms with Gasteiger partial charge in [-0.3, -0.25) is 0 Å². The van der Waals surface area contributed by atoms with Gasteiger partial charge in [0.15, 0.2) is 0 Å². The monoisotopic (exact) mass is 368 g/mol. The van der Waals surface area contributed by atoms with E-state index in [4.69, 9.17) is 26.3 Å². The van der Waals surface area contributed by atoms with E-state index in [0.29, 0.717) is 22.2 Å². The fourth-order valence-corrected chi connectivity index (χ4v) is 2.24. The fourth-order valence-electron chi connectivity index (χ4n) is 2.02. The van der Waals surface area contributed by atoms with Gasteiger partial charge >= 0.3 is 0 Å². The van der Waals surface area contributed by atoms with E-state index in [1.807, 2.05) is 6.07 Å². The van der Waals surface area contributed by atoms with E-state index in [-0.39, 0.29) is 11.4 Å². The first-order valence-corrected chi connectivity index (χ1v) is 7.79. The number of rotatable bonds is 6. The molecule has 1 heterocycles. The third kappa shape index (κ3) is 4.09. The number of anilines is 1. The molecule has 0 amide bonds. The number of benzene rings is 2. The summed E-state index contributed by atoms with van der Waals surface area (Å²) in [6.45, 7) is 0. The summed E-state index contributed by atoms with van der Waals surface area (Å²) < 4.78 is 10.9. The van der Waals surface area contributed by atoms with Crippen LogP contribution in [-0.2, 0) is 0 Å². The lowest BCUT2D eigenvalue weighted by Crippen LogP contribution is -1.93. The Labute approximate surface area is 154 Å². The number of H-pyrrole nitrogens is 1. The molecule has 1 aromatic heterocycles. The highest BCUT2D eigenvalue weighted by Crippen LogP contribution is 2.32. The van der Waals surface area contributed by atoms with Crippen LogP contribution in [0.1, 0.15) is 5.82 Å². The fraction of sp³-hybridized carbons (Fsp3) is 0.0588. The van der Waals surface area contributed by atoms with E-state index in [9.17, 15) is 0 Å². The van der Waals surface area contributed by atoms with Gasteiger partial charge in [0.25, 0.3) is 0 Å². The molecule has 0 fully saturated rings. The van der Waals surface area contributed by atoms with Crippen LogP contribution in [0.15, 0.2) is 48.7 Å². The predicted molar refractivity (Wildman–Crippen MR) is 95.9 cm³/mol. The summed E-state index contributed by atoms with van der Waals surface area (Å²) in [5.74, 6) is 2.08. The molecule has 0 saturated carbocycles. The van der Waals surface area contributed by atoms with Crippen molar-refractivity contribution in [3.8, 4) is 23.3 Å². The van der Waals surface area contributed by atoms with Gasteiger partial charge in [0.05, 0.1) is 12.1 Å². The second-order valence-electron chi connectivity index (χ2n) is 4.97. The molecule has 8 nitrogen and oxygen atoms in total. The number of aromatic amines is 1. The minimum atomic E-state index is 0.200. The third-order valence-corrected chi connectivity index (χ3v) is 3.60. The lowest BCUT2D eigenvalue weighted by molar-refractivity contribution is 0.413. The Morgan fingerprint density at radius 3 is 2.62 bits per heavy atom. The number of tetrazole rings is 1. The van der Waals surface area contributed by atoms with Gasteiger partial charge < -0.3 is 14.8 Å². The van der Waals surface area contributed by atoms with E-state index >= 15 is 0 Å². The van der Waals surface area contributed by atoms with Crippen LogP contribution >= 0.6 is 11.6 Å². The Morgan fingerprint density at radius 1 is 1.23 bits per heavy atom. The summed E-state index contributed by atoms with van der Waals surface area (Å²) >= 11 is 6.27. The summed E-state index contributed by atoms with van der Waals surface area (Å²) in [4.78, 5) is 0. The van der Waals surface area contributed by atoms with Crippen LogP contribution in [-0.4, -0.2) is 27.7 Å². The first-order valence-electron chi connectivity index (χ1n) is 7.41. The molecule has 26 heavy (non-hydrogen) atoms. The van der Waals surface area contributed by atoms with E-state index in [2.05, 4.69) is 25.9 Å². The number of aromatic nitrogens is 4. The number of ether oxygens (including phenoxy) is 2. The number of nitriles is 1. The average molecular weight is 369 g/mol. The van der Waals surface area contributed by atoms with E-state index in [1.54, 1.807) is 49.6 Å². The van der Waals surface area contributed by atoms with Gasteiger partial charge in [-0.25, -0.2) is 0 Å². The Hall–Kier alpha value is -3.57. The molecule has 3 rings (SSSR count). The smallest absolute Gasteiger partial charge is 0.216 e. The van der Waals surface area contributed by atoms with Gasteiger partial charge in [-0.05, 0) is 47.7 Å². The molecule has 0 aliphatic heterocycles. The Kier molecular flexibility index (Phi) is 5.31. The highest BCUT2D eigenvalue weighted by Gasteiger charge is 2.07. The summed E-state index contributed by atoms with van der Waals surface area (Å²) in [6.07, 6.45) is 1.47. The van der Waals surface area contributed by atoms with Crippen LogP contribution in [0.3, 0.4) is 0 Å². The highest BCUT2D eigenvalue weighted by atomic mass is 35.5. The van der Waals surface area contributed by atoms with E-state index in [0.717, 1.165) is 5.75 Å². The first-order chi connectivity index (χ1) is 12.7. The van der Waals surface area contributed by atoms with E-state index in [1.165, 1.54) is 6.20 Å². The summed E-state index contributed by atoms with van der Waals surface area (Å²) in [5.41, 5.74) is 0.904. The highest BCUT2D eigenvalue weighted by molar-refractivity contribution is 6.32. The van der Waals surface area contributed by atoms with Crippen molar-refractivity contribution >= 4 is 22.9 Å². The SMILES string of the molecule is COc1ccc(Oc2ccc(NC=C(C#N)c3nn[nH]n3)cc2Cl)cc1. The number of halogens is 1. The van der Waals surface area contributed by atoms with Crippen molar-refractivity contribution in [2.45, 2.75) is 0 Å². The molecule has 0 bridgehead atoms. The van der Waals surface area contributed by atoms with Crippen molar-refractivity contribution in [3.63, 3.8) is 0 Å². The molecular formula is C17H13ClN6O2. The van der Waals surface area contributed by atoms with Crippen molar-refractivity contribution in [1.29, 1.82) is 5.26 Å². The van der Waals surface area contributed by atoms with Crippen molar-refractivity contribution in [3.05, 3.63) is 59.5 Å². The molecular weight excluding hydrogens is 356 g/mol. The summed E-state index contributed by atoms with van der Waals surface area (Å²) in [6, 6.07) is 14.3. The van der Waals surface area contributed by atoms with Crippen LogP contribution in [0.4, 0.5) is 5.69 Å². The summed E-state index contributed by atoms with van der Waals surface area (Å²) in [7, 11) is 1.60. The molecule has 0 atom stereocenters. The van der Waals surface area contributed by atoms with Crippen LogP contribution in [0.2, 0.25) is 5.02 Å². The normalized spacial score (nSPS) is 10.9. The quantitative estimate of drug-likeness (QED) is 0.639. The van der Waals surface area contributed by atoms with Gasteiger partial charge in [-0.15, -0.1) is 10.2 Å². The average Bonchev–Trinajstić information content (AvgIpc) is 3.19. The lowest BCUT2D eigenvalue weighted by Gasteiger charge is -2.10. The lowest BCUT2D eigenvalue weighted by atomic mass is 10.2. The second-order valence-corrected chi connectivity index (χ2v) is 5.38. The Balaban J connectivity index is 1.72. The predicted octanol–water partition coefficient (Wildman–Crippen LogP) is 3.63. The van der Waals surface area contributed by atoms with Gasteiger partial charge in [0, 0.05) is 11.9 Å². The minimum absolute atomic E-state index is 0.200. The number of hydrogen-bond acceptors (Lipinski definition) is 7. The van der Waals surface area contributed by atoms with Gasteiger partial charge in [0.1, 0.15) is 28.9 Å². The Morgan fingerprint density at radius 2 is 2.00 bits per heavy atom. The van der Waals surface area contributed by atoms with Crippen molar-refractivity contribution in [2.24, 2.45) is 0 Å². The van der Waals surface area contributed by atoms with Crippen LogP contribution in [0, 0.1) is 11.3 Å². The molecule has 0 aliphatic carbocycles. The number of nitrogens with zero attached hydrogens (tertiary/aromatic N) is 4. The zero-order chi connectivity index (χ0) is 18.4. The second kappa shape index (κ2) is 8.00. The van der Waals surface area contributed by atoms with Crippen LogP contribution in [0.5, 0.6) is 17.2 Å². The molecule has 2 N–H and O–H groups in total. The van der Waals surface area contributed by atoms with Gasteiger partial charge in [0.2, 0.25) is 5.82 Å². The standard InChI is InChI=1S/C17H13ClN6O2/c1-25-13-3-5-14(6-4-13)26-16-7-2-12(8-15(16)18)20-10-11(9-19)17-21-23-24-22-17/h2-8,10,20H,1H3,(H,21,22,23,24). The third-order valence-electron chi connectivity index (χ3n) is 3.31. The van der Waals surface area contributed by atoms with E-state index < -0.39 is 0 Å². The number of methoxy groups -OCH3 is 1. The number of allylic oxidation sites excluding steroid dienone is 1. The number of nitrogens with one attached hydrogen (secondary N) is 2. The maximum Gasteiger partial charge on any atom is 0.216 e. The molecule has 130 valence electrons. The van der Waals surface area contributed by atoms with Crippen molar-refractivity contribution in [1.82, 2.24) is 20.6 Å². The maximum absolute atomic E-state index is 9.14. The molecule has 3 aromatic rings. The van der Waals surface area contributed by atoms with Crippen LogP contribution < -0.4 is 14.8 Å². The largest absolute Gasteiger partial charge is 0.497 e. The molecule has 0 radical (unpaired) electrons. The maximum atomic E-state index is 9.14. The molecule has 0 spiro atoms. The number of hydrogen-bond donors (Lipinski definition) is 2. The first kappa shape index (κ1) is 17.3. The van der Waals surface area contributed by atoms with Crippen molar-refractivity contribution in [2.75, 3.05) is 12.4 Å². The van der Waals surface area contributed by atoms with Crippen molar-refractivity contribution < 1.29 is 9.47 Å². The molecule has 0 unspecified atom stereocenters. The van der Waals surface area contributed by atoms with Crippen LogP contribution in [0.25, 0.3) is 5.57 Å². The summed E-state index contributed by atoms with van der Waals surface area (Å²) in [5, 5.41) is 25.8. The molecule has 2 aromatic carbocycles. The molecule has 0 aliphatic rings. The zero-order valence-electron chi connectivity index (χ0n) is 13.6. The zero-order valence-corrected chi connectivity index (χ0v) is 14.4. The van der Waals surface area contributed by atoms with Gasteiger partial charge in [-0.1, -0.05) is 11.6 Å². The topological polar surface area (TPSA) is 109 Å². The Bertz CT molecular complexity index is 948.